The van der Waals surface area contributed by atoms with Crippen molar-refractivity contribution in [3.05, 3.63) is 0 Å². The smallest absolute Gasteiger partial charge is 0.326 e. The number of likely N-dealkylation sites (tertiary alicyclic amines) is 1. The zero-order valence-electron chi connectivity index (χ0n) is 12.0. The zero-order chi connectivity index (χ0) is 15.0. The van der Waals surface area contributed by atoms with Crippen molar-refractivity contribution >= 4 is 12.0 Å². The minimum atomic E-state index is -1.13. The summed E-state index contributed by atoms with van der Waals surface area (Å²) < 4.78 is 0. The largest absolute Gasteiger partial charge is 0.480 e. The number of hydrogen-bond acceptors (Lipinski definition) is 4. The molecule has 1 heterocycles. The Balaban J connectivity index is 2.30. The molecular formula is C13H25N3O4. The van der Waals surface area contributed by atoms with Gasteiger partial charge in [-0.1, -0.05) is 6.92 Å². The molecule has 0 aliphatic carbocycles. The first kappa shape index (κ1) is 16.7. The zero-order valence-corrected chi connectivity index (χ0v) is 12.0. The van der Waals surface area contributed by atoms with E-state index in [2.05, 4.69) is 22.5 Å². The van der Waals surface area contributed by atoms with Gasteiger partial charge in [0.2, 0.25) is 0 Å². The fraction of sp³-hybridized carbons (Fsp3) is 0.846. The molecule has 7 heteroatoms. The van der Waals surface area contributed by atoms with Crippen LogP contribution in [-0.4, -0.2) is 65.4 Å². The summed E-state index contributed by atoms with van der Waals surface area (Å²) in [5.41, 5.74) is 0. The Hall–Kier alpha value is -1.34. The molecular weight excluding hydrogens is 262 g/mol. The standard InChI is InChI=1S/C13H25N3O4/c1-2-6-16-7-3-10(4-8-16)14-13(20)15-11(5-9-17)12(18)19/h10-11,17H,2-9H2,1H3,(H,18,19)(H2,14,15,20)/t11-/m0/s1. The second kappa shape index (κ2) is 8.76. The minimum Gasteiger partial charge on any atom is -0.480 e. The molecule has 1 atom stereocenters. The Morgan fingerprint density at radius 2 is 2.00 bits per heavy atom. The van der Waals surface area contributed by atoms with Crippen molar-refractivity contribution in [2.24, 2.45) is 0 Å². The third kappa shape index (κ3) is 5.75. The maximum atomic E-state index is 11.7. The molecule has 0 radical (unpaired) electrons. The van der Waals surface area contributed by atoms with E-state index in [9.17, 15) is 9.59 Å². The Morgan fingerprint density at radius 1 is 1.35 bits per heavy atom. The van der Waals surface area contributed by atoms with Crippen molar-refractivity contribution < 1.29 is 19.8 Å². The average molecular weight is 287 g/mol. The van der Waals surface area contributed by atoms with Crippen molar-refractivity contribution in [2.45, 2.75) is 44.7 Å². The van der Waals surface area contributed by atoms with Gasteiger partial charge in [0, 0.05) is 32.2 Å². The Bertz CT molecular complexity index is 317. The molecule has 0 bridgehead atoms. The highest BCUT2D eigenvalue weighted by Crippen LogP contribution is 2.10. The van der Waals surface area contributed by atoms with Crippen LogP contribution in [0.15, 0.2) is 0 Å². The number of amides is 2. The van der Waals surface area contributed by atoms with E-state index < -0.39 is 18.0 Å². The fourth-order valence-corrected chi connectivity index (χ4v) is 2.39. The molecule has 1 aliphatic rings. The van der Waals surface area contributed by atoms with Gasteiger partial charge in [-0.3, -0.25) is 0 Å². The molecule has 1 saturated heterocycles. The molecule has 0 spiro atoms. The van der Waals surface area contributed by atoms with E-state index in [0.29, 0.717) is 0 Å². The predicted octanol–water partition coefficient (Wildman–Crippen LogP) is -0.00440. The van der Waals surface area contributed by atoms with Crippen molar-refractivity contribution in [3.63, 3.8) is 0 Å². The quantitative estimate of drug-likeness (QED) is 0.528. The molecule has 0 aromatic heterocycles. The maximum Gasteiger partial charge on any atom is 0.326 e. The van der Waals surface area contributed by atoms with Crippen LogP contribution in [0.25, 0.3) is 0 Å². The van der Waals surface area contributed by atoms with Gasteiger partial charge in [0.25, 0.3) is 0 Å². The van der Waals surface area contributed by atoms with Crippen LogP contribution in [0.3, 0.4) is 0 Å². The second-order valence-electron chi connectivity index (χ2n) is 5.14. The molecule has 1 aliphatic heterocycles. The summed E-state index contributed by atoms with van der Waals surface area (Å²) in [5, 5.41) is 22.8. The number of nitrogens with one attached hydrogen (secondary N) is 2. The molecule has 0 unspecified atom stereocenters. The van der Waals surface area contributed by atoms with Gasteiger partial charge in [-0.15, -0.1) is 0 Å². The molecule has 0 aromatic carbocycles. The van der Waals surface area contributed by atoms with Gasteiger partial charge < -0.3 is 25.7 Å². The lowest BCUT2D eigenvalue weighted by molar-refractivity contribution is -0.139. The third-order valence-corrected chi connectivity index (χ3v) is 3.48. The summed E-state index contributed by atoms with van der Waals surface area (Å²) in [6.07, 6.45) is 2.90. The van der Waals surface area contributed by atoms with E-state index in [0.717, 1.165) is 38.9 Å². The monoisotopic (exact) mass is 287 g/mol. The maximum absolute atomic E-state index is 11.7. The van der Waals surface area contributed by atoms with Gasteiger partial charge in [0.15, 0.2) is 0 Å². The van der Waals surface area contributed by atoms with Crippen molar-refractivity contribution in [3.8, 4) is 0 Å². The number of hydrogen-bond donors (Lipinski definition) is 4. The fourth-order valence-electron chi connectivity index (χ4n) is 2.39. The first-order chi connectivity index (χ1) is 9.56. The van der Waals surface area contributed by atoms with Crippen LogP contribution in [-0.2, 0) is 4.79 Å². The SMILES string of the molecule is CCCN1CCC(NC(=O)N[C@@H](CCO)C(=O)O)CC1. The molecule has 116 valence electrons. The number of carbonyl (C=O) groups excluding carboxylic acids is 1. The highest BCUT2D eigenvalue weighted by molar-refractivity contribution is 5.82. The molecule has 0 saturated carbocycles. The van der Waals surface area contributed by atoms with E-state index in [1.54, 1.807) is 0 Å². The summed E-state index contributed by atoms with van der Waals surface area (Å²) >= 11 is 0. The molecule has 2 amide bonds. The number of urea groups is 1. The predicted molar refractivity (Wildman–Crippen MR) is 74.5 cm³/mol. The average Bonchev–Trinajstić information content (AvgIpc) is 2.40. The lowest BCUT2D eigenvalue weighted by atomic mass is 10.1. The van der Waals surface area contributed by atoms with Crippen LogP contribution in [0.5, 0.6) is 0 Å². The summed E-state index contributed by atoms with van der Waals surface area (Å²) in [6.45, 7) is 4.86. The van der Waals surface area contributed by atoms with E-state index in [4.69, 9.17) is 10.2 Å². The van der Waals surface area contributed by atoms with Gasteiger partial charge in [-0.05, 0) is 25.8 Å². The van der Waals surface area contributed by atoms with E-state index in [1.807, 2.05) is 0 Å². The summed E-state index contributed by atoms with van der Waals surface area (Å²) in [6, 6.07) is -1.42. The molecule has 4 N–H and O–H groups in total. The number of nitrogens with zero attached hydrogens (tertiary/aromatic N) is 1. The van der Waals surface area contributed by atoms with Crippen LogP contribution in [0.4, 0.5) is 4.79 Å². The van der Waals surface area contributed by atoms with Gasteiger partial charge >= 0.3 is 12.0 Å². The molecule has 20 heavy (non-hydrogen) atoms. The van der Waals surface area contributed by atoms with E-state index in [-0.39, 0.29) is 19.1 Å². The lowest BCUT2D eigenvalue weighted by Gasteiger charge is -2.32. The van der Waals surface area contributed by atoms with Gasteiger partial charge in [0.05, 0.1) is 0 Å². The van der Waals surface area contributed by atoms with E-state index in [1.165, 1.54) is 0 Å². The highest BCUT2D eigenvalue weighted by Gasteiger charge is 2.23. The summed E-state index contributed by atoms with van der Waals surface area (Å²) in [5.74, 6) is -1.13. The van der Waals surface area contributed by atoms with Crippen molar-refractivity contribution in [2.75, 3.05) is 26.2 Å². The van der Waals surface area contributed by atoms with Crippen LogP contribution < -0.4 is 10.6 Å². The van der Waals surface area contributed by atoms with Crippen LogP contribution >= 0.6 is 0 Å². The number of rotatable bonds is 7. The first-order valence-electron chi connectivity index (χ1n) is 7.19. The third-order valence-electron chi connectivity index (χ3n) is 3.48. The number of carboxylic acid groups (broad SMARTS) is 1. The molecule has 0 aromatic rings. The molecule has 1 rings (SSSR count). The van der Waals surface area contributed by atoms with Crippen LogP contribution in [0.2, 0.25) is 0 Å². The number of carboxylic acids is 1. The number of aliphatic hydroxyl groups is 1. The summed E-state index contributed by atoms with van der Waals surface area (Å²) in [4.78, 5) is 25.0. The second-order valence-corrected chi connectivity index (χ2v) is 5.14. The first-order valence-corrected chi connectivity index (χ1v) is 7.19. The highest BCUT2D eigenvalue weighted by atomic mass is 16.4. The Morgan fingerprint density at radius 3 is 2.50 bits per heavy atom. The van der Waals surface area contributed by atoms with E-state index >= 15 is 0 Å². The Labute approximate surface area is 119 Å². The van der Waals surface area contributed by atoms with Crippen molar-refractivity contribution in [1.29, 1.82) is 0 Å². The molecule has 1 fully saturated rings. The number of piperidine rings is 1. The number of aliphatic hydroxyl groups excluding tert-OH is 1. The lowest BCUT2D eigenvalue weighted by Crippen LogP contribution is -2.51. The van der Waals surface area contributed by atoms with Crippen LogP contribution in [0, 0.1) is 0 Å². The minimum absolute atomic E-state index is 0.0116. The topological polar surface area (TPSA) is 102 Å². The van der Waals surface area contributed by atoms with Crippen molar-refractivity contribution in [1.82, 2.24) is 15.5 Å². The molecule has 7 nitrogen and oxygen atoms in total. The number of aliphatic carboxylic acids is 1. The summed E-state index contributed by atoms with van der Waals surface area (Å²) in [7, 11) is 0. The Kier molecular flexibility index (Phi) is 7.32. The number of carbonyl (C=O) groups is 2. The van der Waals surface area contributed by atoms with Gasteiger partial charge in [-0.25, -0.2) is 9.59 Å². The van der Waals surface area contributed by atoms with Gasteiger partial charge in [0.1, 0.15) is 6.04 Å². The normalized spacial score (nSPS) is 18.5. The van der Waals surface area contributed by atoms with Gasteiger partial charge in [-0.2, -0.15) is 0 Å². The van der Waals surface area contributed by atoms with Crippen LogP contribution in [0.1, 0.15) is 32.6 Å².